The van der Waals surface area contributed by atoms with Gasteiger partial charge in [0.05, 0.1) is 18.4 Å². The van der Waals surface area contributed by atoms with Crippen LogP contribution in [-0.4, -0.2) is 53.8 Å². The molecule has 2 saturated heterocycles. The number of nitrogens with zero attached hydrogens (tertiary/aromatic N) is 3. The maximum absolute atomic E-state index is 12.4. The summed E-state index contributed by atoms with van der Waals surface area (Å²) in [6.07, 6.45) is 6.20. The van der Waals surface area contributed by atoms with E-state index in [0.29, 0.717) is 24.4 Å². The molecule has 0 bridgehead atoms. The lowest BCUT2D eigenvalue weighted by Gasteiger charge is -2.34. The molecule has 0 aromatic carbocycles. The first-order chi connectivity index (χ1) is 11.3. The minimum Gasteiger partial charge on any atom is -0.378 e. The number of nitrogens with one attached hydrogen (secondary N) is 1. The predicted molar refractivity (Wildman–Crippen MR) is 85.0 cm³/mol. The van der Waals surface area contributed by atoms with Crippen LogP contribution in [0.3, 0.4) is 0 Å². The van der Waals surface area contributed by atoms with Gasteiger partial charge in [-0.3, -0.25) is 5.32 Å². The third kappa shape index (κ3) is 4.17. The Balaban J connectivity index is 1.50. The number of hydrogen-bond donors (Lipinski definition) is 1. The maximum atomic E-state index is 12.4. The number of hydrogen-bond acceptors (Lipinski definition) is 5. The summed E-state index contributed by atoms with van der Waals surface area (Å²) in [5.41, 5.74) is 0.745. The molecule has 2 fully saturated rings. The van der Waals surface area contributed by atoms with Crippen molar-refractivity contribution in [3.8, 4) is 0 Å². The molecule has 3 rings (SSSR count). The number of ether oxygens (including phenoxy) is 2. The molecule has 2 amide bonds. The van der Waals surface area contributed by atoms with Crippen LogP contribution >= 0.6 is 0 Å². The number of anilines is 1. The summed E-state index contributed by atoms with van der Waals surface area (Å²) in [4.78, 5) is 22.4. The molecular weight excluding hydrogens is 296 g/mol. The summed E-state index contributed by atoms with van der Waals surface area (Å²) in [5.74, 6) is 1.10. The first-order valence-electron chi connectivity index (χ1n) is 8.23. The predicted octanol–water partition coefficient (Wildman–Crippen LogP) is 2.05. The van der Waals surface area contributed by atoms with Crippen LogP contribution in [0.4, 0.5) is 10.6 Å². The van der Waals surface area contributed by atoms with Gasteiger partial charge in [-0.15, -0.1) is 0 Å². The molecule has 2 aliphatic heterocycles. The van der Waals surface area contributed by atoms with Crippen LogP contribution in [0.15, 0.2) is 12.4 Å². The van der Waals surface area contributed by atoms with Gasteiger partial charge < -0.3 is 14.4 Å². The molecule has 7 heteroatoms. The number of methoxy groups -OCH3 is 1. The SMILES string of the molecule is COCc1cc(NC(=O)N2CCC([C@@H]3CCCO3)CC2)ncn1. The van der Waals surface area contributed by atoms with Gasteiger partial charge >= 0.3 is 6.03 Å². The highest BCUT2D eigenvalue weighted by atomic mass is 16.5. The van der Waals surface area contributed by atoms with Gasteiger partial charge in [0, 0.05) is 32.9 Å². The number of carbonyl (C=O) groups is 1. The Kier molecular flexibility index (Phi) is 5.40. The Hall–Kier alpha value is -1.73. The van der Waals surface area contributed by atoms with Crippen LogP contribution in [-0.2, 0) is 16.1 Å². The van der Waals surface area contributed by atoms with Crippen LogP contribution in [0.1, 0.15) is 31.4 Å². The summed E-state index contributed by atoms with van der Waals surface area (Å²) < 4.78 is 10.8. The highest BCUT2D eigenvalue weighted by molar-refractivity contribution is 5.88. The van der Waals surface area contributed by atoms with Crippen LogP contribution < -0.4 is 5.32 Å². The molecule has 1 aromatic rings. The average Bonchev–Trinajstić information content (AvgIpc) is 3.10. The van der Waals surface area contributed by atoms with Gasteiger partial charge in [0.25, 0.3) is 0 Å². The molecule has 7 nitrogen and oxygen atoms in total. The van der Waals surface area contributed by atoms with E-state index in [1.807, 2.05) is 4.90 Å². The molecule has 23 heavy (non-hydrogen) atoms. The van der Waals surface area contributed by atoms with Crippen molar-refractivity contribution in [3.05, 3.63) is 18.1 Å². The number of likely N-dealkylation sites (tertiary alicyclic amines) is 1. The zero-order valence-electron chi connectivity index (χ0n) is 13.5. The topological polar surface area (TPSA) is 76.6 Å². The van der Waals surface area contributed by atoms with E-state index in [0.717, 1.165) is 38.2 Å². The van der Waals surface area contributed by atoms with E-state index in [2.05, 4.69) is 15.3 Å². The summed E-state index contributed by atoms with van der Waals surface area (Å²) in [6, 6.07) is 1.64. The second kappa shape index (κ2) is 7.70. The standard InChI is InChI=1S/C16H24N4O3/c1-22-10-13-9-15(18-11-17-13)19-16(21)20-6-4-12(5-7-20)14-3-2-8-23-14/h9,11-12,14H,2-8,10H2,1H3,(H,17,18,19,21)/t14-/m0/s1. The largest absolute Gasteiger partial charge is 0.378 e. The van der Waals surface area contributed by atoms with E-state index in [1.54, 1.807) is 13.2 Å². The number of carbonyl (C=O) groups excluding carboxylic acids is 1. The van der Waals surface area contributed by atoms with E-state index in [4.69, 9.17) is 9.47 Å². The van der Waals surface area contributed by atoms with Crippen molar-refractivity contribution in [1.82, 2.24) is 14.9 Å². The van der Waals surface area contributed by atoms with Crippen molar-refractivity contribution in [2.75, 3.05) is 32.1 Å². The van der Waals surface area contributed by atoms with Gasteiger partial charge in [-0.2, -0.15) is 0 Å². The maximum Gasteiger partial charge on any atom is 0.323 e. The monoisotopic (exact) mass is 320 g/mol. The van der Waals surface area contributed by atoms with Crippen molar-refractivity contribution in [1.29, 1.82) is 0 Å². The van der Waals surface area contributed by atoms with E-state index < -0.39 is 0 Å². The Morgan fingerprint density at radius 1 is 1.39 bits per heavy atom. The summed E-state index contributed by atoms with van der Waals surface area (Å²) in [7, 11) is 1.61. The molecule has 126 valence electrons. The Labute approximate surface area is 136 Å². The molecule has 1 aromatic heterocycles. The fraction of sp³-hybridized carbons (Fsp3) is 0.688. The Bertz CT molecular complexity index is 526. The van der Waals surface area contributed by atoms with Crippen molar-refractivity contribution in [2.45, 2.75) is 38.4 Å². The van der Waals surface area contributed by atoms with Crippen molar-refractivity contribution in [2.24, 2.45) is 5.92 Å². The zero-order chi connectivity index (χ0) is 16.1. The summed E-state index contributed by atoms with van der Waals surface area (Å²) >= 11 is 0. The number of rotatable bonds is 4. The molecule has 0 spiro atoms. The lowest BCUT2D eigenvalue weighted by molar-refractivity contribution is 0.0382. The fourth-order valence-electron chi connectivity index (χ4n) is 3.33. The molecule has 1 atom stereocenters. The Morgan fingerprint density at radius 3 is 2.91 bits per heavy atom. The van der Waals surface area contributed by atoms with Gasteiger partial charge in [0.15, 0.2) is 0 Å². The fourth-order valence-corrected chi connectivity index (χ4v) is 3.33. The van der Waals surface area contributed by atoms with Crippen molar-refractivity contribution >= 4 is 11.8 Å². The second-order valence-corrected chi connectivity index (χ2v) is 6.13. The third-order valence-electron chi connectivity index (χ3n) is 4.57. The normalized spacial score (nSPS) is 22.3. The lowest BCUT2D eigenvalue weighted by Crippen LogP contribution is -2.43. The minimum atomic E-state index is -0.0992. The molecule has 0 saturated carbocycles. The quantitative estimate of drug-likeness (QED) is 0.919. The first-order valence-corrected chi connectivity index (χ1v) is 8.23. The molecule has 2 aliphatic rings. The number of aromatic nitrogens is 2. The van der Waals surface area contributed by atoms with Crippen LogP contribution in [0, 0.1) is 5.92 Å². The molecule has 3 heterocycles. The molecule has 0 unspecified atom stereocenters. The second-order valence-electron chi connectivity index (χ2n) is 6.13. The van der Waals surface area contributed by atoms with Gasteiger partial charge in [-0.05, 0) is 31.6 Å². The van der Waals surface area contributed by atoms with E-state index in [9.17, 15) is 4.79 Å². The summed E-state index contributed by atoms with van der Waals surface area (Å²) in [5, 5.41) is 2.84. The lowest BCUT2D eigenvalue weighted by atomic mass is 9.90. The smallest absolute Gasteiger partial charge is 0.323 e. The van der Waals surface area contributed by atoms with Gasteiger partial charge in [-0.1, -0.05) is 0 Å². The zero-order valence-corrected chi connectivity index (χ0v) is 13.5. The van der Waals surface area contributed by atoms with E-state index in [-0.39, 0.29) is 6.03 Å². The Morgan fingerprint density at radius 2 is 2.22 bits per heavy atom. The number of amides is 2. The van der Waals surface area contributed by atoms with Crippen LogP contribution in [0.2, 0.25) is 0 Å². The average molecular weight is 320 g/mol. The van der Waals surface area contributed by atoms with Crippen molar-refractivity contribution < 1.29 is 14.3 Å². The number of piperidine rings is 1. The molecule has 0 aliphatic carbocycles. The first kappa shape index (κ1) is 16.1. The van der Waals surface area contributed by atoms with Gasteiger partial charge in [-0.25, -0.2) is 14.8 Å². The number of urea groups is 1. The molecule has 0 radical (unpaired) electrons. The highest BCUT2D eigenvalue weighted by Gasteiger charge is 2.30. The van der Waals surface area contributed by atoms with E-state index in [1.165, 1.54) is 19.2 Å². The van der Waals surface area contributed by atoms with Gasteiger partial charge in [0.2, 0.25) is 0 Å². The van der Waals surface area contributed by atoms with Crippen molar-refractivity contribution in [3.63, 3.8) is 0 Å². The molecule has 1 N–H and O–H groups in total. The van der Waals surface area contributed by atoms with Crippen LogP contribution in [0.5, 0.6) is 0 Å². The molecular formula is C16H24N4O3. The third-order valence-corrected chi connectivity index (χ3v) is 4.57. The highest BCUT2D eigenvalue weighted by Crippen LogP contribution is 2.29. The van der Waals surface area contributed by atoms with Gasteiger partial charge in [0.1, 0.15) is 12.1 Å². The summed E-state index contributed by atoms with van der Waals surface area (Å²) in [6.45, 7) is 2.83. The van der Waals surface area contributed by atoms with E-state index >= 15 is 0 Å². The minimum absolute atomic E-state index is 0.0992. The van der Waals surface area contributed by atoms with Crippen LogP contribution in [0.25, 0.3) is 0 Å².